The minimum atomic E-state index is -0.509. The largest absolute Gasteiger partial charge is 0.0924 e. The number of rotatable bonds is 5. The molecule has 0 aliphatic heterocycles. The van der Waals surface area contributed by atoms with E-state index >= 15 is 0 Å². The van der Waals surface area contributed by atoms with Crippen molar-refractivity contribution in [3.8, 4) is 0 Å². The van der Waals surface area contributed by atoms with E-state index in [9.17, 15) is 0 Å². The third kappa shape index (κ3) is 7.96. The van der Waals surface area contributed by atoms with Gasteiger partial charge in [0.25, 0.3) is 0 Å². The number of fused-ring (bicyclic) bond motifs is 2. The third-order valence-electron chi connectivity index (χ3n) is 9.64. The molecule has 4 aromatic rings. The van der Waals surface area contributed by atoms with E-state index in [1.165, 1.54) is 72.9 Å². The predicted octanol–water partition coefficient (Wildman–Crippen LogP) is 12.0. The van der Waals surface area contributed by atoms with Crippen LogP contribution in [0.15, 0.2) is 84.9 Å². The van der Waals surface area contributed by atoms with Crippen LogP contribution in [0, 0.1) is 5.92 Å². The normalized spacial score (nSPS) is 19.8. The molecule has 0 saturated heterocycles. The molecule has 2 aliphatic carbocycles. The van der Waals surface area contributed by atoms with Gasteiger partial charge in [-0.05, 0) is 80.5 Å². The zero-order valence-corrected chi connectivity index (χ0v) is 30.6. The second-order valence-electron chi connectivity index (χ2n) is 14.7. The van der Waals surface area contributed by atoms with E-state index in [2.05, 4.69) is 133 Å². The zero-order chi connectivity index (χ0) is 29.9. The Hall–Kier alpha value is -1.22. The van der Waals surface area contributed by atoms with Gasteiger partial charge in [0.2, 0.25) is 0 Å². The summed E-state index contributed by atoms with van der Waals surface area (Å²) in [7, 11) is -0.672. The maximum atomic E-state index is 2.63. The summed E-state index contributed by atoms with van der Waals surface area (Å²) in [6.07, 6.45) is 11.6. The van der Waals surface area contributed by atoms with Crippen molar-refractivity contribution in [2.24, 2.45) is 5.92 Å². The summed E-state index contributed by atoms with van der Waals surface area (Å²) in [6.45, 7) is 17.6. The summed E-state index contributed by atoms with van der Waals surface area (Å²) in [5.74, 6) is 0.772. The second kappa shape index (κ2) is 14.9. The molecule has 0 nitrogen and oxygen atoms in total. The SMILES string of the molecule is C1CCCC1.C[C@@H](C1CCCC1P(c1cccc2ccccc12)c1cccc2ccccc12)P(C(C)(C)C)C(C)(C)C.[Fe]. The molecule has 2 aliphatic rings. The minimum absolute atomic E-state index is 0. The third-order valence-corrected chi connectivity index (χ3v) is 16.8. The summed E-state index contributed by atoms with van der Waals surface area (Å²) in [5.41, 5.74) is 1.47. The van der Waals surface area contributed by atoms with Crippen molar-refractivity contribution in [1.29, 1.82) is 0 Å². The smallest absolute Gasteiger partial charge is 0 e. The van der Waals surface area contributed by atoms with Crippen LogP contribution in [0.4, 0.5) is 0 Å². The van der Waals surface area contributed by atoms with Gasteiger partial charge in [-0.15, -0.1) is 0 Å². The van der Waals surface area contributed by atoms with E-state index < -0.39 is 7.92 Å². The standard InChI is InChI=1S/C35H44P2.C5H10.Fe/c1-25(37(34(2,3)4)35(5,6)7)28-21-14-24-31(28)36(32-22-12-17-26-15-8-10-19-29(26)32)33-23-13-18-27-16-9-11-20-30(27)33;1-2-4-5-3-1;/h8-13,15-20,22-23,25,28,31H,14,21,24H2,1-7H3;1-5H2;/t25-,28?,31?;;/m0../s1. The predicted molar refractivity (Wildman–Crippen MR) is 194 cm³/mol. The topological polar surface area (TPSA) is 0 Å². The molecular formula is C40H54FeP2. The molecule has 0 bridgehead atoms. The van der Waals surface area contributed by atoms with E-state index in [-0.39, 0.29) is 25.0 Å². The Morgan fingerprint density at radius 1 is 0.558 bits per heavy atom. The number of benzene rings is 4. The summed E-state index contributed by atoms with van der Waals surface area (Å²) < 4.78 is 0. The van der Waals surface area contributed by atoms with Crippen LogP contribution in [-0.2, 0) is 17.1 Å². The van der Waals surface area contributed by atoms with E-state index in [0.29, 0.717) is 10.3 Å². The summed E-state index contributed by atoms with van der Waals surface area (Å²) >= 11 is 0. The molecule has 6 rings (SSSR count). The van der Waals surface area contributed by atoms with Crippen molar-refractivity contribution in [1.82, 2.24) is 0 Å². The Balaban J connectivity index is 0.000000641. The van der Waals surface area contributed by atoms with E-state index in [0.717, 1.165) is 17.2 Å². The van der Waals surface area contributed by atoms with Crippen LogP contribution in [0.3, 0.4) is 0 Å². The fraction of sp³-hybridized carbons (Fsp3) is 0.500. The van der Waals surface area contributed by atoms with Crippen LogP contribution in [0.2, 0.25) is 0 Å². The summed E-state index contributed by atoms with van der Waals surface area (Å²) in [5, 5.41) is 9.54. The molecule has 3 atom stereocenters. The Bertz CT molecular complexity index is 1350. The van der Waals surface area contributed by atoms with Crippen LogP contribution in [-0.4, -0.2) is 21.6 Å². The van der Waals surface area contributed by atoms with Gasteiger partial charge in [-0.25, -0.2) is 0 Å². The quantitative estimate of drug-likeness (QED) is 0.149. The number of hydrogen-bond acceptors (Lipinski definition) is 0. The molecule has 4 aromatic carbocycles. The average Bonchev–Trinajstić information content (AvgIpc) is 3.68. The first kappa shape index (κ1) is 34.6. The maximum absolute atomic E-state index is 2.63. The molecule has 0 aromatic heterocycles. The van der Waals surface area contributed by atoms with Gasteiger partial charge in [0.05, 0.1) is 0 Å². The Labute approximate surface area is 276 Å². The molecule has 0 amide bonds. The molecule has 0 N–H and O–H groups in total. The molecule has 232 valence electrons. The molecule has 2 unspecified atom stereocenters. The maximum Gasteiger partial charge on any atom is 0 e. The summed E-state index contributed by atoms with van der Waals surface area (Å²) in [4.78, 5) is 0. The average molecular weight is 653 g/mol. The van der Waals surface area contributed by atoms with Crippen molar-refractivity contribution >= 4 is 48.0 Å². The second-order valence-corrected chi connectivity index (χ2v) is 21.4. The van der Waals surface area contributed by atoms with E-state index in [4.69, 9.17) is 0 Å². The molecule has 2 saturated carbocycles. The van der Waals surface area contributed by atoms with Crippen LogP contribution in [0.5, 0.6) is 0 Å². The van der Waals surface area contributed by atoms with Crippen LogP contribution >= 0.6 is 15.8 Å². The van der Waals surface area contributed by atoms with Crippen LogP contribution < -0.4 is 10.6 Å². The molecule has 2 fully saturated rings. The van der Waals surface area contributed by atoms with Gasteiger partial charge in [-0.1, -0.05) is 180 Å². The number of hydrogen-bond donors (Lipinski definition) is 0. The van der Waals surface area contributed by atoms with Crippen LogP contribution in [0.1, 0.15) is 99.8 Å². The van der Waals surface area contributed by atoms with Crippen molar-refractivity contribution in [3.63, 3.8) is 0 Å². The Kier molecular flexibility index (Phi) is 12.0. The molecular weight excluding hydrogens is 598 g/mol. The molecule has 3 heteroatoms. The Morgan fingerprint density at radius 3 is 1.42 bits per heavy atom. The van der Waals surface area contributed by atoms with Gasteiger partial charge in [-0.2, -0.15) is 0 Å². The first-order valence-electron chi connectivity index (χ1n) is 16.6. The van der Waals surface area contributed by atoms with E-state index in [1.807, 2.05) is 0 Å². The monoisotopic (exact) mass is 652 g/mol. The summed E-state index contributed by atoms with van der Waals surface area (Å²) in [6, 6.07) is 32.3. The Morgan fingerprint density at radius 2 is 0.977 bits per heavy atom. The van der Waals surface area contributed by atoms with Crippen LogP contribution in [0.25, 0.3) is 21.5 Å². The fourth-order valence-corrected chi connectivity index (χ4v) is 17.4. The fourth-order valence-electron chi connectivity index (χ4n) is 8.48. The zero-order valence-electron chi connectivity index (χ0n) is 27.7. The first-order chi connectivity index (χ1) is 20.1. The van der Waals surface area contributed by atoms with Gasteiger partial charge < -0.3 is 0 Å². The minimum Gasteiger partial charge on any atom is -0.0924 e. The van der Waals surface area contributed by atoms with Crippen molar-refractivity contribution in [2.75, 3.05) is 0 Å². The van der Waals surface area contributed by atoms with Gasteiger partial charge in [-0.3, -0.25) is 0 Å². The van der Waals surface area contributed by atoms with Crippen molar-refractivity contribution in [3.05, 3.63) is 84.9 Å². The van der Waals surface area contributed by atoms with E-state index in [1.54, 1.807) is 10.6 Å². The molecule has 43 heavy (non-hydrogen) atoms. The van der Waals surface area contributed by atoms with Gasteiger partial charge >= 0.3 is 0 Å². The van der Waals surface area contributed by atoms with Gasteiger partial charge in [0, 0.05) is 17.1 Å². The van der Waals surface area contributed by atoms with Gasteiger partial charge in [0.15, 0.2) is 0 Å². The molecule has 0 spiro atoms. The first-order valence-corrected chi connectivity index (χ1v) is 19.4. The van der Waals surface area contributed by atoms with Gasteiger partial charge in [0.1, 0.15) is 0 Å². The van der Waals surface area contributed by atoms with Crippen molar-refractivity contribution < 1.29 is 17.1 Å². The van der Waals surface area contributed by atoms with Crippen molar-refractivity contribution in [2.45, 2.75) is 121 Å². The molecule has 0 heterocycles. The molecule has 0 radical (unpaired) electrons.